The van der Waals surface area contributed by atoms with Crippen LogP contribution in [0, 0.1) is 5.92 Å². The number of likely N-dealkylation sites (tertiary alicyclic amines) is 1. The van der Waals surface area contributed by atoms with Crippen molar-refractivity contribution in [1.29, 1.82) is 0 Å². The zero-order valence-corrected chi connectivity index (χ0v) is 13.6. The Balaban J connectivity index is 1.59. The lowest BCUT2D eigenvalue weighted by Crippen LogP contribution is -2.43. The van der Waals surface area contributed by atoms with E-state index in [0.29, 0.717) is 12.3 Å². The smallest absolute Gasteiger partial charge is 0.226 e. The molecule has 0 saturated carbocycles. The Hall–Kier alpha value is -2.14. The van der Waals surface area contributed by atoms with Gasteiger partial charge in [0.05, 0.1) is 12.1 Å². The van der Waals surface area contributed by atoms with E-state index < -0.39 is 0 Å². The minimum absolute atomic E-state index is 0.234. The number of hydrogen-bond donors (Lipinski definition) is 1. The third kappa shape index (κ3) is 3.99. The summed E-state index contributed by atoms with van der Waals surface area (Å²) >= 11 is 0. The number of amides is 1. The number of nitrogens with zero attached hydrogens (tertiary/aromatic N) is 3. The van der Waals surface area contributed by atoms with Crippen molar-refractivity contribution in [3.05, 3.63) is 48.3 Å². The van der Waals surface area contributed by atoms with E-state index in [1.807, 2.05) is 53.2 Å². The van der Waals surface area contributed by atoms with Gasteiger partial charge in [0, 0.05) is 25.5 Å². The standard InChI is InChI=1S/C18H24N4O/c1-19-13-16-4-2-10-21(14-16)18(23)12-15-5-7-17(8-6-15)22-11-3-9-20-22/h3,5-9,11,16,19H,2,4,10,12-14H2,1H3. The molecule has 5 heteroatoms. The molecule has 0 spiro atoms. The molecule has 1 amide bonds. The second-order valence-corrected chi connectivity index (χ2v) is 6.20. The van der Waals surface area contributed by atoms with Gasteiger partial charge in [-0.2, -0.15) is 5.10 Å². The summed E-state index contributed by atoms with van der Waals surface area (Å²) in [5.41, 5.74) is 2.07. The van der Waals surface area contributed by atoms with Crippen molar-refractivity contribution in [2.24, 2.45) is 5.92 Å². The monoisotopic (exact) mass is 312 g/mol. The van der Waals surface area contributed by atoms with Crippen molar-refractivity contribution in [1.82, 2.24) is 20.0 Å². The van der Waals surface area contributed by atoms with Crippen LogP contribution in [0.5, 0.6) is 0 Å². The zero-order valence-electron chi connectivity index (χ0n) is 13.6. The van der Waals surface area contributed by atoms with Gasteiger partial charge in [-0.15, -0.1) is 0 Å². The van der Waals surface area contributed by atoms with E-state index >= 15 is 0 Å². The summed E-state index contributed by atoms with van der Waals surface area (Å²) in [7, 11) is 1.97. The Labute approximate surface area is 137 Å². The number of rotatable bonds is 5. The lowest BCUT2D eigenvalue weighted by Gasteiger charge is -2.32. The summed E-state index contributed by atoms with van der Waals surface area (Å²) in [4.78, 5) is 14.5. The average molecular weight is 312 g/mol. The van der Waals surface area contributed by atoms with Crippen LogP contribution in [0.4, 0.5) is 0 Å². The fourth-order valence-corrected chi connectivity index (χ4v) is 3.22. The summed E-state index contributed by atoms with van der Waals surface area (Å²) < 4.78 is 1.82. The van der Waals surface area contributed by atoms with Gasteiger partial charge in [0.2, 0.25) is 5.91 Å². The molecular weight excluding hydrogens is 288 g/mol. The van der Waals surface area contributed by atoms with E-state index in [-0.39, 0.29) is 5.91 Å². The fraction of sp³-hybridized carbons (Fsp3) is 0.444. The molecule has 23 heavy (non-hydrogen) atoms. The van der Waals surface area contributed by atoms with Gasteiger partial charge < -0.3 is 10.2 Å². The third-order valence-corrected chi connectivity index (χ3v) is 4.43. The van der Waals surface area contributed by atoms with Gasteiger partial charge >= 0.3 is 0 Å². The van der Waals surface area contributed by atoms with Gasteiger partial charge in [0.15, 0.2) is 0 Å². The van der Waals surface area contributed by atoms with E-state index in [4.69, 9.17) is 0 Å². The second-order valence-electron chi connectivity index (χ2n) is 6.20. The first-order chi connectivity index (χ1) is 11.3. The predicted octanol–water partition coefficient (Wildman–Crippen LogP) is 1.87. The molecule has 1 fully saturated rings. The summed E-state index contributed by atoms with van der Waals surface area (Å²) in [5.74, 6) is 0.817. The normalized spacial score (nSPS) is 18.1. The van der Waals surface area contributed by atoms with Crippen molar-refractivity contribution < 1.29 is 4.79 Å². The van der Waals surface area contributed by atoms with Crippen LogP contribution in [-0.2, 0) is 11.2 Å². The molecule has 5 nitrogen and oxygen atoms in total. The molecular formula is C18H24N4O. The molecule has 3 rings (SSSR count). The topological polar surface area (TPSA) is 50.2 Å². The summed E-state index contributed by atoms with van der Waals surface area (Å²) in [6.07, 6.45) is 6.47. The van der Waals surface area contributed by atoms with Gasteiger partial charge in [0.25, 0.3) is 0 Å². The lowest BCUT2D eigenvalue weighted by atomic mass is 9.97. The van der Waals surface area contributed by atoms with Crippen molar-refractivity contribution in [3.8, 4) is 5.69 Å². The van der Waals surface area contributed by atoms with Crippen molar-refractivity contribution in [2.75, 3.05) is 26.7 Å². The highest BCUT2D eigenvalue weighted by Gasteiger charge is 2.23. The van der Waals surface area contributed by atoms with E-state index in [2.05, 4.69) is 10.4 Å². The molecule has 1 aliphatic rings. The molecule has 1 aliphatic heterocycles. The maximum atomic E-state index is 12.5. The SMILES string of the molecule is CNCC1CCCN(C(=O)Cc2ccc(-n3cccn3)cc2)C1. The van der Waals surface area contributed by atoms with Gasteiger partial charge in [-0.3, -0.25) is 4.79 Å². The number of hydrogen-bond acceptors (Lipinski definition) is 3. The Morgan fingerprint density at radius 3 is 2.87 bits per heavy atom. The van der Waals surface area contributed by atoms with Crippen molar-refractivity contribution in [2.45, 2.75) is 19.3 Å². The van der Waals surface area contributed by atoms with Crippen molar-refractivity contribution >= 4 is 5.91 Å². The maximum absolute atomic E-state index is 12.5. The predicted molar refractivity (Wildman–Crippen MR) is 90.5 cm³/mol. The molecule has 122 valence electrons. The Bertz CT molecular complexity index is 619. The Morgan fingerprint density at radius 1 is 1.35 bits per heavy atom. The molecule has 1 aromatic heterocycles. The minimum Gasteiger partial charge on any atom is -0.342 e. The molecule has 1 unspecified atom stereocenters. The molecule has 0 radical (unpaired) electrons. The molecule has 0 aliphatic carbocycles. The maximum Gasteiger partial charge on any atom is 0.226 e. The first kappa shape index (κ1) is 15.7. The second kappa shape index (κ2) is 7.42. The van der Waals surface area contributed by atoms with Crippen LogP contribution in [0.25, 0.3) is 5.69 Å². The number of aromatic nitrogens is 2. The number of carbonyl (C=O) groups excluding carboxylic acids is 1. The number of nitrogens with one attached hydrogen (secondary N) is 1. The zero-order chi connectivity index (χ0) is 16.1. The van der Waals surface area contributed by atoms with Crippen LogP contribution in [0.2, 0.25) is 0 Å². The lowest BCUT2D eigenvalue weighted by molar-refractivity contribution is -0.132. The number of carbonyl (C=O) groups is 1. The number of benzene rings is 1. The minimum atomic E-state index is 0.234. The summed E-state index contributed by atoms with van der Waals surface area (Å²) in [6.45, 7) is 2.76. The van der Waals surface area contributed by atoms with Gasteiger partial charge in [0.1, 0.15) is 0 Å². The van der Waals surface area contributed by atoms with E-state index in [9.17, 15) is 4.79 Å². The highest BCUT2D eigenvalue weighted by atomic mass is 16.2. The molecule has 0 bridgehead atoms. The van der Waals surface area contributed by atoms with Crippen LogP contribution < -0.4 is 5.32 Å². The Morgan fingerprint density at radius 2 is 2.17 bits per heavy atom. The third-order valence-electron chi connectivity index (χ3n) is 4.43. The van der Waals surface area contributed by atoms with Crippen LogP contribution in [0.1, 0.15) is 18.4 Å². The van der Waals surface area contributed by atoms with E-state index in [1.54, 1.807) is 6.20 Å². The van der Waals surface area contributed by atoms with Crippen LogP contribution >= 0.6 is 0 Å². The van der Waals surface area contributed by atoms with Crippen LogP contribution in [0.3, 0.4) is 0 Å². The summed E-state index contributed by atoms with van der Waals surface area (Å²) in [5, 5.41) is 7.43. The fourth-order valence-electron chi connectivity index (χ4n) is 3.22. The number of piperidine rings is 1. The summed E-state index contributed by atoms with van der Waals surface area (Å²) in [6, 6.07) is 9.95. The molecule has 2 heterocycles. The van der Waals surface area contributed by atoms with Gasteiger partial charge in [-0.1, -0.05) is 12.1 Å². The highest BCUT2D eigenvalue weighted by molar-refractivity contribution is 5.79. The van der Waals surface area contributed by atoms with E-state index in [1.165, 1.54) is 6.42 Å². The first-order valence-electron chi connectivity index (χ1n) is 8.27. The first-order valence-corrected chi connectivity index (χ1v) is 8.27. The van der Waals surface area contributed by atoms with Crippen molar-refractivity contribution in [3.63, 3.8) is 0 Å². The quantitative estimate of drug-likeness (QED) is 0.917. The molecule has 2 aromatic rings. The van der Waals surface area contributed by atoms with Crippen LogP contribution in [-0.4, -0.2) is 47.3 Å². The highest BCUT2D eigenvalue weighted by Crippen LogP contribution is 2.17. The largest absolute Gasteiger partial charge is 0.342 e. The van der Waals surface area contributed by atoms with E-state index in [0.717, 1.165) is 37.3 Å². The van der Waals surface area contributed by atoms with Gasteiger partial charge in [-0.25, -0.2) is 4.68 Å². The van der Waals surface area contributed by atoms with Gasteiger partial charge in [-0.05, 0) is 56.1 Å². The Kier molecular flexibility index (Phi) is 5.08. The molecule has 1 atom stereocenters. The molecule has 1 N–H and O–H groups in total. The molecule has 1 saturated heterocycles. The van der Waals surface area contributed by atoms with Crippen LogP contribution in [0.15, 0.2) is 42.7 Å². The average Bonchev–Trinajstić information content (AvgIpc) is 3.11. The molecule has 1 aromatic carbocycles.